The number of carbonyl (C=O) groups is 1. The topological polar surface area (TPSA) is 38.3 Å². The van der Waals surface area contributed by atoms with Crippen LogP contribution in [0.25, 0.3) is 0 Å². The van der Waals surface area contributed by atoms with Crippen molar-refractivity contribution < 1.29 is 9.53 Å². The molecule has 0 bridgehead atoms. The fourth-order valence-electron chi connectivity index (χ4n) is 1.36. The van der Waals surface area contributed by atoms with E-state index in [1.807, 2.05) is 39.0 Å². The van der Waals surface area contributed by atoms with Crippen LogP contribution in [-0.2, 0) is 4.79 Å². The van der Waals surface area contributed by atoms with Gasteiger partial charge in [-0.1, -0.05) is 19.9 Å². The molecule has 1 N–H and O–H groups in total. The lowest BCUT2D eigenvalue weighted by molar-refractivity contribution is -0.119. The molecule has 0 aliphatic carbocycles. The summed E-state index contributed by atoms with van der Waals surface area (Å²) in [4.78, 5) is 11.8. The molecule has 1 aromatic carbocycles. The lowest BCUT2D eigenvalue weighted by Crippen LogP contribution is -2.20. The van der Waals surface area contributed by atoms with E-state index in [9.17, 15) is 4.79 Å². The van der Waals surface area contributed by atoms with Gasteiger partial charge in [0.25, 0.3) is 0 Å². The Morgan fingerprint density at radius 3 is 2.75 bits per heavy atom. The van der Waals surface area contributed by atoms with Crippen molar-refractivity contribution in [3.05, 3.63) is 23.8 Å². The molecule has 0 spiro atoms. The third-order valence-corrected chi connectivity index (χ3v) is 2.67. The molecule has 1 aromatic rings. The Bertz CT molecular complexity index is 374. The minimum absolute atomic E-state index is 0.0187. The quantitative estimate of drug-likeness (QED) is 0.848. The summed E-state index contributed by atoms with van der Waals surface area (Å²) in [5.41, 5.74) is 1.84. The number of amides is 1. The summed E-state index contributed by atoms with van der Waals surface area (Å²) in [6, 6.07) is 5.73. The predicted molar refractivity (Wildman–Crippen MR) is 65.8 cm³/mol. The van der Waals surface area contributed by atoms with Crippen molar-refractivity contribution in [1.82, 2.24) is 0 Å². The smallest absolute Gasteiger partial charge is 0.227 e. The SMILES string of the molecule is CC[C@@H](C)C(=O)Nc1cc(C)ccc1OC. The van der Waals surface area contributed by atoms with Gasteiger partial charge in [-0.25, -0.2) is 0 Å². The summed E-state index contributed by atoms with van der Waals surface area (Å²) in [5, 5.41) is 2.89. The van der Waals surface area contributed by atoms with Gasteiger partial charge in [0.05, 0.1) is 12.8 Å². The molecule has 0 aromatic heterocycles. The van der Waals surface area contributed by atoms with E-state index < -0.39 is 0 Å². The van der Waals surface area contributed by atoms with E-state index in [0.717, 1.165) is 17.7 Å². The van der Waals surface area contributed by atoms with Crippen LogP contribution in [0.2, 0.25) is 0 Å². The molecule has 3 heteroatoms. The van der Waals surface area contributed by atoms with E-state index >= 15 is 0 Å². The first-order chi connectivity index (χ1) is 7.58. The highest BCUT2D eigenvalue weighted by Gasteiger charge is 2.12. The van der Waals surface area contributed by atoms with E-state index in [2.05, 4.69) is 5.32 Å². The zero-order valence-electron chi connectivity index (χ0n) is 10.3. The van der Waals surface area contributed by atoms with Crippen molar-refractivity contribution in [2.75, 3.05) is 12.4 Å². The summed E-state index contributed by atoms with van der Waals surface area (Å²) >= 11 is 0. The van der Waals surface area contributed by atoms with Gasteiger partial charge in [0, 0.05) is 5.92 Å². The van der Waals surface area contributed by atoms with Crippen molar-refractivity contribution in [3.63, 3.8) is 0 Å². The van der Waals surface area contributed by atoms with Crippen LogP contribution in [0.5, 0.6) is 5.75 Å². The maximum atomic E-state index is 11.8. The summed E-state index contributed by atoms with van der Waals surface area (Å²) in [6.45, 7) is 5.90. The molecule has 88 valence electrons. The molecule has 0 fully saturated rings. The van der Waals surface area contributed by atoms with Gasteiger partial charge in [-0.3, -0.25) is 4.79 Å². The lowest BCUT2D eigenvalue weighted by Gasteiger charge is -2.13. The fraction of sp³-hybridized carbons (Fsp3) is 0.462. The van der Waals surface area contributed by atoms with Crippen LogP contribution in [0.4, 0.5) is 5.69 Å². The molecular formula is C13H19NO2. The number of ether oxygens (including phenoxy) is 1. The minimum atomic E-state index is 0.0187. The average molecular weight is 221 g/mol. The second-order valence-electron chi connectivity index (χ2n) is 4.00. The van der Waals surface area contributed by atoms with Gasteiger partial charge in [0.15, 0.2) is 0 Å². The number of aryl methyl sites for hydroxylation is 1. The molecule has 0 radical (unpaired) electrons. The van der Waals surface area contributed by atoms with Gasteiger partial charge < -0.3 is 10.1 Å². The molecule has 0 heterocycles. The van der Waals surface area contributed by atoms with Crippen LogP contribution >= 0.6 is 0 Å². The van der Waals surface area contributed by atoms with Crippen LogP contribution in [0.15, 0.2) is 18.2 Å². The van der Waals surface area contributed by atoms with E-state index in [-0.39, 0.29) is 11.8 Å². The van der Waals surface area contributed by atoms with E-state index in [1.165, 1.54) is 0 Å². The number of anilines is 1. The van der Waals surface area contributed by atoms with E-state index in [0.29, 0.717) is 5.75 Å². The zero-order chi connectivity index (χ0) is 12.1. The highest BCUT2D eigenvalue weighted by Crippen LogP contribution is 2.25. The predicted octanol–water partition coefficient (Wildman–Crippen LogP) is 2.99. The first-order valence-electron chi connectivity index (χ1n) is 5.54. The summed E-state index contributed by atoms with van der Waals surface area (Å²) in [5.74, 6) is 0.749. The Labute approximate surface area is 96.8 Å². The van der Waals surface area contributed by atoms with Crippen LogP contribution in [0.3, 0.4) is 0 Å². The molecule has 3 nitrogen and oxygen atoms in total. The molecule has 0 aliphatic heterocycles. The van der Waals surface area contributed by atoms with Crippen molar-refractivity contribution in [2.45, 2.75) is 27.2 Å². The number of hydrogen-bond donors (Lipinski definition) is 1. The second kappa shape index (κ2) is 5.54. The van der Waals surface area contributed by atoms with Crippen molar-refractivity contribution in [3.8, 4) is 5.75 Å². The van der Waals surface area contributed by atoms with Gasteiger partial charge in [0.1, 0.15) is 5.75 Å². The minimum Gasteiger partial charge on any atom is -0.495 e. The molecule has 16 heavy (non-hydrogen) atoms. The maximum Gasteiger partial charge on any atom is 0.227 e. The number of methoxy groups -OCH3 is 1. The maximum absolute atomic E-state index is 11.8. The van der Waals surface area contributed by atoms with Gasteiger partial charge in [-0.15, -0.1) is 0 Å². The van der Waals surface area contributed by atoms with Crippen LogP contribution in [0, 0.1) is 12.8 Å². The largest absolute Gasteiger partial charge is 0.495 e. The third-order valence-electron chi connectivity index (χ3n) is 2.67. The number of nitrogens with one attached hydrogen (secondary N) is 1. The Morgan fingerprint density at radius 1 is 1.50 bits per heavy atom. The molecule has 0 saturated heterocycles. The van der Waals surface area contributed by atoms with Gasteiger partial charge in [-0.05, 0) is 31.0 Å². The normalized spacial score (nSPS) is 12.0. The molecule has 1 atom stereocenters. The number of hydrogen-bond acceptors (Lipinski definition) is 2. The fourth-order valence-corrected chi connectivity index (χ4v) is 1.36. The summed E-state index contributed by atoms with van der Waals surface area (Å²) < 4.78 is 5.20. The summed E-state index contributed by atoms with van der Waals surface area (Å²) in [6.07, 6.45) is 0.833. The standard InChI is InChI=1S/C13H19NO2/c1-5-10(3)13(15)14-11-8-9(2)6-7-12(11)16-4/h6-8,10H,5H2,1-4H3,(H,14,15)/t10-/m1/s1. The number of rotatable bonds is 4. The Balaban J connectivity index is 2.87. The third kappa shape index (κ3) is 2.99. The van der Waals surface area contributed by atoms with Gasteiger partial charge in [-0.2, -0.15) is 0 Å². The van der Waals surface area contributed by atoms with Gasteiger partial charge >= 0.3 is 0 Å². The number of carbonyl (C=O) groups excluding carboxylic acids is 1. The van der Waals surface area contributed by atoms with Crippen molar-refractivity contribution >= 4 is 11.6 Å². The Kier molecular flexibility index (Phi) is 4.35. The molecule has 1 rings (SSSR count). The second-order valence-corrected chi connectivity index (χ2v) is 4.00. The lowest BCUT2D eigenvalue weighted by atomic mass is 10.1. The van der Waals surface area contributed by atoms with E-state index in [1.54, 1.807) is 7.11 Å². The van der Waals surface area contributed by atoms with Crippen LogP contribution in [-0.4, -0.2) is 13.0 Å². The molecule has 0 unspecified atom stereocenters. The van der Waals surface area contributed by atoms with Gasteiger partial charge in [0.2, 0.25) is 5.91 Å². The van der Waals surface area contributed by atoms with Crippen molar-refractivity contribution in [2.24, 2.45) is 5.92 Å². The highest BCUT2D eigenvalue weighted by molar-refractivity contribution is 5.93. The number of benzene rings is 1. The Morgan fingerprint density at radius 2 is 2.19 bits per heavy atom. The zero-order valence-corrected chi connectivity index (χ0v) is 10.3. The highest BCUT2D eigenvalue weighted by atomic mass is 16.5. The first-order valence-corrected chi connectivity index (χ1v) is 5.54. The molecule has 1 amide bonds. The summed E-state index contributed by atoms with van der Waals surface area (Å²) in [7, 11) is 1.60. The molecule has 0 saturated carbocycles. The monoisotopic (exact) mass is 221 g/mol. The van der Waals surface area contributed by atoms with E-state index in [4.69, 9.17) is 4.74 Å². The molecular weight excluding hydrogens is 202 g/mol. The Hall–Kier alpha value is -1.51. The average Bonchev–Trinajstić information content (AvgIpc) is 2.28. The van der Waals surface area contributed by atoms with Crippen molar-refractivity contribution in [1.29, 1.82) is 0 Å². The van der Waals surface area contributed by atoms with Crippen LogP contribution < -0.4 is 10.1 Å². The van der Waals surface area contributed by atoms with Crippen LogP contribution in [0.1, 0.15) is 25.8 Å². The molecule has 0 aliphatic rings. The first kappa shape index (κ1) is 12.6.